The lowest BCUT2D eigenvalue weighted by molar-refractivity contribution is -0.129. The maximum Gasteiger partial charge on any atom is 0.220 e. The zero-order chi connectivity index (χ0) is 12.9. The number of nitrogens with one attached hydrogen (secondary N) is 1. The number of aliphatic hydroxyl groups excluding tert-OH is 1. The molecule has 1 amide bonds. The quantitative estimate of drug-likeness (QED) is 0.673. The van der Waals surface area contributed by atoms with E-state index in [-0.39, 0.29) is 23.5 Å². The van der Waals surface area contributed by atoms with Gasteiger partial charge in [0.25, 0.3) is 0 Å². The first kappa shape index (κ1) is 14.5. The van der Waals surface area contributed by atoms with Gasteiger partial charge in [0, 0.05) is 17.9 Å². The molecule has 0 saturated heterocycles. The van der Waals surface area contributed by atoms with Gasteiger partial charge in [-0.05, 0) is 12.8 Å². The summed E-state index contributed by atoms with van der Waals surface area (Å²) in [6, 6.07) is 0.153. The Balaban J connectivity index is 2.10. The standard InChI is InChI=1S/C14H27NO2/c1-4-5-6-7-8-9-13(17)15-11-10-12(16)14(11,2)3/h11-12,16H,4-10H2,1-3H3,(H,15,17). The molecular formula is C14H27NO2. The largest absolute Gasteiger partial charge is 0.392 e. The molecule has 2 N–H and O–H groups in total. The first-order valence-electron chi connectivity index (χ1n) is 6.96. The van der Waals surface area contributed by atoms with Crippen LogP contribution in [0.15, 0.2) is 0 Å². The van der Waals surface area contributed by atoms with E-state index in [1.807, 2.05) is 13.8 Å². The fraction of sp³-hybridized carbons (Fsp3) is 0.929. The van der Waals surface area contributed by atoms with E-state index in [9.17, 15) is 9.90 Å². The highest BCUT2D eigenvalue weighted by molar-refractivity contribution is 5.76. The van der Waals surface area contributed by atoms with Crippen molar-refractivity contribution < 1.29 is 9.90 Å². The fourth-order valence-corrected chi connectivity index (χ4v) is 2.30. The fourth-order valence-electron chi connectivity index (χ4n) is 2.30. The lowest BCUT2D eigenvalue weighted by Gasteiger charge is -2.49. The number of hydrogen-bond acceptors (Lipinski definition) is 2. The Morgan fingerprint density at radius 3 is 2.47 bits per heavy atom. The SMILES string of the molecule is CCCCCCCC(=O)NC1CC(O)C1(C)C. The van der Waals surface area contributed by atoms with Crippen molar-refractivity contribution in [2.24, 2.45) is 5.41 Å². The molecule has 1 fully saturated rings. The van der Waals surface area contributed by atoms with Crippen molar-refractivity contribution in [1.29, 1.82) is 0 Å². The first-order chi connectivity index (χ1) is 7.98. The molecule has 1 aliphatic rings. The van der Waals surface area contributed by atoms with Crippen molar-refractivity contribution in [1.82, 2.24) is 5.32 Å². The van der Waals surface area contributed by atoms with Crippen LogP contribution in [-0.2, 0) is 4.79 Å². The van der Waals surface area contributed by atoms with E-state index in [1.165, 1.54) is 19.3 Å². The van der Waals surface area contributed by atoms with Crippen molar-refractivity contribution >= 4 is 5.91 Å². The van der Waals surface area contributed by atoms with Gasteiger partial charge in [0.2, 0.25) is 5.91 Å². The molecule has 0 aliphatic heterocycles. The number of carbonyl (C=O) groups excluding carboxylic acids is 1. The van der Waals surface area contributed by atoms with E-state index >= 15 is 0 Å². The van der Waals surface area contributed by atoms with Crippen LogP contribution in [0, 0.1) is 5.41 Å². The number of unbranched alkanes of at least 4 members (excludes halogenated alkanes) is 4. The van der Waals surface area contributed by atoms with Crippen molar-refractivity contribution in [3.63, 3.8) is 0 Å². The van der Waals surface area contributed by atoms with Crippen molar-refractivity contribution in [3.05, 3.63) is 0 Å². The average Bonchev–Trinajstić information content (AvgIpc) is 2.28. The van der Waals surface area contributed by atoms with Gasteiger partial charge in [-0.15, -0.1) is 0 Å². The Labute approximate surface area is 105 Å². The average molecular weight is 241 g/mol. The summed E-state index contributed by atoms with van der Waals surface area (Å²) >= 11 is 0. The predicted octanol–water partition coefficient (Wildman–Crippen LogP) is 2.62. The predicted molar refractivity (Wildman–Crippen MR) is 69.7 cm³/mol. The minimum atomic E-state index is -0.266. The maximum absolute atomic E-state index is 11.7. The van der Waals surface area contributed by atoms with Gasteiger partial charge >= 0.3 is 0 Å². The highest BCUT2D eigenvalue weighted by atomic mass is 16.3. The Bertz CT molecular complexity index is 251. The summed E-state index contributed by atoms with van der Waals surface area (Å²) in [5.41, 5.74) is -0.155. The highest BCUT2D eigenvalue weighted by Crippen LogP contribution is 2.40. The summed E-state index contributed by atoms with van der Waals surface area (Å²) in [4.78, 5) is 11.7. The molecule has 3 heteroatoms. The summed E-state index contributed by atoms with van der Waals surface area (Å²) in [6.07, 6.45) is 6.94. The van der Waals surface area contributed by atoms with Gasteiger partial charge in [-0.3, -0.25) is 4.79 Å². The molecule has 0 bridgehead atoms. The second kappa shape index (κ2) is 6.39. The van der Waals surface area contributed by atoms with Crippen LogP contribution < -0.4 is 5.32 Å². The molecule has 100 valence electrons. The number of rotatable bonds is 7. The number of amides is 1. The minimum absolute atomic E-state index is 0.145. The normalized spacial score (nSPS) is 26.4. The third-order valence-electron chi connectivity index (χ3n) is 4.06. The highest BCUT2D eigenvalue weighted by Gasteiger charge is 2.47. The smallest absolute Gasteiger partial charge is 0.220 e. The summed E-state index contributed by atoms with van der Waals surface area (Å²) < 4.78 is 0. The second-order valence-electron chi connectivity index (χ2n) is 5.86. The molecule has 17 heavy (non-hydrogen) atoms. The number of hydrogen-bond donors (Lipinski definition) is 2. The van der Waals surface area contributed by atoms with Gasteiger partial charge in [0.1, 0.15) is 0 Å². The summed E-state index contributed by atoms with van der Waals surface area (Å²) in [6.45, 7) is 6.21. The summed E-state index contributed by atoms with van der Waals surface area (Å²) in [7, 11) is 0. The van der Waals surface area contributed by atoms with Crippen LogP contribution >= 0.6 is 0 Å². The Morgan fingerprint density at radius 2 is 1.94 bits per heavy atom. The van der Waals surface area contributed by atoms with Crippen LogP contribution in [0.4, 0.5) is 0 Å². The Hall–Kier alpha value is -0.570. The molecule has 1 rings (SSSR count). The monoisotopic (exact) mass is 241 g/mol. The summed E-state index contributed by atoms with van der Waals surface area (Å²) in [5.74, 6) is 0.145. The third-order valence-corrected chi connectivity index (χ3v) is 4.06. The Kier molecular flexibility index (Phi) is 5.44. The zero-order valence-corrected chi connectivity index (χ0v) is 11.5. The van der Waals surface area contributed by atoms with Crippen LogP contribution in [0.5, 0.6) is 0 Å². The Morgan fingerprint density at radius 1 is 1.29 bits per heavy atom. The van der Waals surface area contributed by atoms with Crippen LogP contribution in [-0.4, -0.2) is 23.2 Å². The van der Waals surface area contributed by atoms with E-state index in [2.05, 4.69) is 12.2 Å². The van der Waals surface area contributed by atoms with E-state index in [1.54, 1.807) is 0 Å². The molecule has 3 nitrogen and oxygen atoms in total. The molecule has 0 aromatic heterocycles. The molecule has 0 radical (unpaired) electrons. The molecule has 0 spiro atoms. The number of carbonyl (C=O) groups is 1. The first-order valence-corrected chi connectivity index (χ1v) is 6.96. The lowest BCUT2D eigenvalue weighted by Crippen LogP contribution is -2.61. The van der Waals surface area contributed by atoms with Crippen LogP contribution in [0.1, 0.15) is 65.7 Å². The van der Waals surface area contributed by atoms with Gasteiger partial charge in [0.15, 0.2) is 0 Å². The van der Waals surface area contributed by atoms with Gasteiger partial charge in [-0.2, -0.15) is 0 Å². The summed E-state index contributed by atoms with van der Waals surface area (Å²) in [5, 5.41) is 12.6. The molecule has 1 aliphatic carbocycles. The molecule has 0 heterocycles. The van der Waals surface area contributed by atoms with E-state index in [0.29, 0.717) is 12.8 Å². The van der Waals surface area contributed by atoms with Gasteiger partial charge in [-0.25, -0.2) is 0 Å². The van der Waals surface area contributed by atoms with Crippen molar-refractivity contribution in [3.8, 4) is 0 Å². The molecule has 2 unspecified atom stereocenters. The van der Waals surface area contributed by atoms with Gasteiger partial charge in [-0.1, -0.05) is 46.5 Å². The van der Waals surface area contributed by atoms with Crippen molar-refractivity contribution in [2.45, 2.75) is 77.9 Å². The molecular weight excluding hydrogens is 214 g/mol. The van der Waals surface area contributed by atoms with E-state index < -0.39 is 0 Å². The van der Waals surface area contributed by atoms with Crippen LogP contribution in [0.25, 0.3) is 0 Å². The second-order valence-corrected chi connectivity index (χ2v) is 5.86. The molecule has 0 aromatic rings. The lowest BCUT2D eigenvalue weighted by atomic mass is 9.64. The minimum Gasteiger partial charge on any atom is -0.392 e. The van der Waals surface area contributed by atoms with Crippen molar-refractivity contribution in [2.75, 3.05) is 0 Å². The molecule has 1 saturated carbocycles. The topological polar surface area (TPSA) is 49.3 Å². The van der Waals surface area contributed by atoms with Crippen LogP contribution in [0.3, 0.4) is 0 Å². The van der Waals surface area contributed by atoms with Crippen LogP contribution in [0.2, 0.25) is 0 Å². The number of aliphatic hydroxyl groups is 1. The molecule has 2 atom stereocenters. The van der Waals surface area contributed by atoms with Gasteiger partial charge in [0.05, 0.1) is 6.10 Å². The van der Waals surface area contributed by atoms with Gasteiger partial charge < -0.3 is 10.4 Å². The zero-order valence-electron chi connectivity index (χ0n) is 11.5. The van der Waals surface area contributed by atoms with E-state index in [4.69, 9.17) is 0 Å². The third kappa shape index (κ3) is 3.98. The van der Waals surface area contributed by atoms with E-state index in [0.717, 1.165) is 12.8 Å². The molecule has 0 aromatic carbocycles. The maximum atomic E-state index is 11.7.